The van der Waals surface area contributed by atoms with Gasteiger partial charge in [-0.05, 0) is 37.1 Å². The molecule has 0 radical (unpaired) electrons. The van der Waals surface area contributed by atoms with E-state index in [1.807, 2.05) is 0 Å². The molecule has 1 aliphatic rings. The second-order valence-electron chi connectivity index (χ2n) is 5.40. The van der Waals surface area contributed by atoms with E-state index in [0.29, 0.717) is 17.0 Å². The molecule has 23 heavy (non-hydrogen) atoms. The lowest BCUT2D eigenvalue weighted by molar-refractivity contribution is -0.120. The Morgan fingerprint density at radius 1 is 1.39 bits per heavy atom. The van der Waals surface area contributed by atoms with Crippen molar-refractivity contribution in [2.24, 2.45) is 0 Å². The van der Waals surface area contributed by atoms with Gasteiger partial charge >= 0.3 is 0 Å². The Morgan fingerprint density at radius 3 is 2.65 bits per heavy atom. The highest BCUT2D eigenvalue weighted by molar-refractivity contribution is 7.91. The first-order chi connectivity index (χ1) is 10.6. The minimum Gasteiger partial charge on any atom is -0.351 e. The molecule has 0 spiro atoms. The number of sulfonamides is 1. The summed E-state index contributed by atoms with van der Waals surface area (Å²) in [5, 5.41) is 2.96. The van der Waals surface area contributed by atoms with Gasteiger partial charge in [-0.3, -0.25) is 4.79 Å². The number of benzene rings is 1. The third-order valence-electron chi connectivity index (χ3n) is 3.46. The summed E-state index contributed by atoms with van der Waals surface area (Å²) in [6.07, 6.45) is 0.344. The van der Waals surface area contributed by atoms with Gasteiger partial charge in [0.1, 0.15) is 0 Å². The van der Waals surface area contributed by atoms with Gasteiger partial charge in [0.2, 0.25) is 15.9 Å². The average Bonchev–Trinajstić information content (AvgIpc) is 2.78. The Bertz CT molecular complexity index is 821. The number of carbonyl (C=O) groups excluding carboxylic acids is 1. The van der Waals surface area contributed by atoms with Gasteiger partial charge < -0.3 is 5.32 Å². The van der Waals surface area contributed by atoms with E-state index in [9.17, 15) is 21.6 Å². The molecule has 1 aromatic carbocycles. The van der Waals surface area contributed by atoms with Crippen molar-refractivity contribution in [2.75, 3.05) is 18.1 Å². The number of nitrogens with one attached hydrogen (secondary N) is 2. The molecule has 1 aromatic rings. The lowest BCUT2D eigenvalue weighted by Crippen LogP contribution is -2.42. The van der Waals surface area contributed by atoms with E-state index >= 15 is 0 Å². The lowest BCUT2D eigenvalue weighted by atomic mass is 10.2. The summed E-state index contributed by atoms with van der Waals surface area (Å²) in [4.78, 5) is 11.8. The predicted octanol–water partition coefficient (Wildman–Crippen LogP) is 0.230. The molecule has 7 nitrogen and oxygen atoms in total. The van der Waals surface area contributed by atoms with Gasteiger partial charge in [0, 0.05) is 11.1 Å². The predicted molar refractivity (Wildman–Crippen MR) is 86.6 cm³/mol. The van der Waals surface area contributed by atoms with Crippen molar-refractivity contribution in [2.45, 2.75) is 24.3 Å². The fourth-order valence-electron chi connectivity index (χ4n) is 2.22. The van der Waals surface area contributed by atoms with E-state index in [1.54, 1.807) is 6.92 Å². The van der Waals surface area contributed by atoms with E-state index in [-0.39, 0.29) is 16.4 Å². The Hall–Kier alpha value is -1.16. The maximum absolute atomic E-state index is 12.1. The monoisotopic (exact) mass is 380 g/mol. The van der Waals surface area contributed by atoms with Crippen LogP contribution in [0.25, 0.3) is 0 Å². The number of sulfone groups is 1. The molecule has 1 amide bonds. The Balaban J connectivity index is 1.94. The molecule has 1 aliphatic heterocycles. The van der Waals surface area contributed by atoms with Crippen LogP contribution in [0.2, 0.25) is 5.02 Å². The van der Waals surface area contributed by atoms with Crippen LogP contribution >= 0.6 is 11.6 Å². The average molecular weight is 381 g/mol. The summed E-state index contributed by atoms with van der Waals surface area (Å²) < 4.78 is 49.0. The molecule has 1 saturated heterocycles. The maximum atomic E-state index is 12.1. The van der Waals surface area contributed by atoms with E-state index in [2.05, 4.69) is 10.0 Å². The van der Waals surface area contributed by atoms with Gasteiger partial charge in [-0.15, -0.1) is 0 Å². The Morgan fingerprint density at radius 2 is 2.09 bits per heavy atom. The number of halogens is 1. The fraction of sp³-hybridized carbons (Fsp3) is 0.462. The molecular weight excluding hydrogens is 364 g/mol. The van der Waals surface area contributed by atoms with Crippen molar-refractivity contribution < 1.29 is 21.6 Å². The smallest absolute Gasteiger partial charge is 0.241 e. The minimum atomic E-state index is -3.84. The summed E-state index contributed by atoms with van der Waals surface area (Å²) in [6.45, 7) is 1.22. The zero-order valence-corrected chi connectivity index (χ0v) is 14.8. The third kappa shape index (κ3) is 4.90. The van der Waals surface area contributed by atoms with E-state index in [4.69, 9.17) is 11.6 Å². The van der Waals surface area contributed by atoms with Gasteiger partial charge in [0.25, 0.3) is 0 Å². The van der Waals surface area contributed by atoms with Crippen LogP contribution in [0.4, 0.5) is 0 Å². The standard InChI is InChI=1S/C13H17ClN2O5S2/c1-9-6-11(2-3-12(9)14)23(20,21)15-7-13(17)16-10-4-5-22(18,19)8-10/h2-3,6,10,15H,4-5,7-8H2,1H3,(H,16,17). The minimum absolute atomic E-state index is 0.00986. The summed E-state index contributed by atoms with van der Waals surface area (Å²) in [5.41, 5.74) is 0.607. The number of hydrogen-bond donors (Lipinski definition) is 2. The number of carbonyl (C=O) groups is 1. The van der Waals surface area contributed by atoms with E-state index in [0.717, 1.165) is 0 Å². The quantitative estimate of drug-likeness (QED) is 0.759. The van der Waals surface area contributed by atoms with Gasteiger partial charge in [0.05, 0.1) is 22.9 Å². The summed E-state index contributed by atoms with van der Waals surface area (Å²) in [6, 6.07) is 3.76. The fourth-order valence-corrected chi connectivity index (χ4v) is 5.07. The first-order valence-electron chi connectivity index (χ1n) is 6.85. The zero-order valence-electron chi connectivity index (χ0n) is 12.4. The first kappa shape index (κ1) is 18.2. The van der Waals surface area contributed by atoms with Crippen molar-refractivity contribution in [1.82, 2.24) is 10.0 Å². The summed E-state index contributed by atoms with van der Waals surface area (Å²) >= 11 is 5.85. The van der Waals surface area contributed by atoms with Crippen molar-refractivity contribution in [3.63, 3.8) is 0 Å². The van der Waals surface area contributed by atoms with Crippen LogP contribution in [0, 0.1) is 6.92 Å². The SMILES string of the molecule is Cc1cc(S(=O)(=O)NCC(=O)NC2CCS(=O)(=O)C2)ccc1Cl. The molecule has 10 heteroatoms. The molecule has 1 unspecified atom stereocenters. The molecular formula is C13H17ClN2O5S2. The van der Waals surface area contributed by atoms with Crippen molar-refractivity contribution in [3.8, 4) is 0 Å². The second-order valence-corrected chi connectivity index (χ2v) is 9.81. The number of rotatable bonds is 5. The highest BCUT2D eigenvalue weighted by Crippen LogP contribution is 2.19. The molecule has 1 atom stereocenters. The molecule has 2 N–H and O–H groups in total. The van der Waals surface area contributed by atoms with Crippen molar-refractivity contribution in [1.29, 1.82) is 0 Å². The zero-order chi connectivity index (χ0) is 17.3. The number of amides is 1. The highest BCUT2D eigenvalue weighted by atomic mass is 35.5. The number of hydrogen-bond acceptors (Lipinski definition) is 5. The van der Waals surface area contributed by atoms with Gasteiger partial charge in [-0.2, -0.15) is 0 Å². The van der Waals surface area contributed by atoms with Crippen LogP contribution in [0.15, 0.2) is 23.1 Å². The second kappa shape index (κ2) is 6.76. The molecule has 0 bridgehead atoms. The Labute approximate surface area is 140 Å². The first-order valence-corrected chi connectivity index (χ1v) is 10.5. The lowest BCUT2D eigenvalue weighted by Gasteiger charge is -2.12. The number of aryl methyl sites for hydroxylation is 1. The molecule has 1 fully saturated rings. The summed E-state index contributed by atoms with van der Waals surface area (Å²) in [5.74, 6) is -0.642. The van der Waals surface area contributed by atoms with Crippen LogP contribution in [-0.2, 0) is 24.7 Å². The topological polar surface area (TPSA) is 109 Å². The van der Waals surface area contributed by atoms with Gasteiger partial charge in [-0.25, -0.2) is 21.6 Å². The normalized spacial score (nSPS) is 20.3. The van der Waals surface area contributed by atoms with Gasteiger partial charge in [0.15, 0.2) is 9.84 Å². The van der Waals surface area contributed by atoms with Crippen LogP contribution in [0.1, 0.15) is 12.0 Å². The molecule has 2 rings (SSSR count). The largest absolute Gasteiger partial charge is 0.351 e. The third-order valence-corrected chi connectivity index (χ3v) is 7.05. The van der Waals surface area contributed by atoms with Crippen molar-refractivity contribution in [3.05, 3.63) is 28.8 Å². The van der Waals surface area contributed by atoms with Crippen LogP contribution < -0.4 is 10.0 Å². The maximum Gasteiger partial charge on any atom is 0.241 e. The van der Waals surface area contributed by atoms with Crippen LogP contribution in [0.5, 0.6) is 0 Å². The van der Waals surface area contributed by atoms with Crippen LogP contribution in [-0.4, -0.2) is 46.8 Å². The van der Waals surface area contributed by atoms with Gasteiger partial charge in [-0.1, -0.05) is 11.6 Å². The van der Waals surface area contributed by atoms with Crippen molar-refractivity contribution >= 4 is 37.4 Å². The molecule has 1 heterocycles. The summed E-state index contributed by atoms with van der Waals surface area (Å²) in [7, 11) is -6.94. The molecule has 0 saturated carbocycles. The molecule has 128 valence electrons. The molecule has 0 aliphatic carbocycles. The van der Waals surface area contributed by atoms with Crippen LogP contribution in [0.3, 0.4) is 0 Å². The van der Waals surface area contributed by atoms with E-state index in [1.165, 1.54) is 18.2 Å². The van der Waals surface area contributed by atoms with E-state index < -0.39 is 38.4 Å². The Kier molecular flexibility index (Phi) is 5.34. The highest BCUT2D eigenvalue weighted by Gasteiger charge is 2.29. The molecule has 0 aromatic heterocycles.